The number of carbonyl (C=O) groups is 1. The van der Waals surface area contributed by atoms with Crippen molar-refractivity contribution in [2.24, 2.45) is 0 Å². The molecular weight excluding hydrogens is 324 g/mol. The number of carbonyl (C=O) groups excluding carboxylic acids is 1. The summed E-state index contributed by atoms with van der Waals surface area (Å²) in [4.78, 5) is 12.3. The molecule has 0 radical (unpaired) electrons. The first-order valence-electron chi connectivity index (χ1n) is 7.74. The van der Waals surface area contributed by atoms with Crippen molar-refractivity contribution in [3.63, 3.8) is 0 Å². The van der Waals surface area contributed by atoms with Gasteiger partial charge in [-0.15, -0.1) is 0 Å². The highest BCUT2D eigenvalue weighted by molar-refractivity contribution is 7.92. The predicted octanol–water partition coefficient (Wildman–Crippen LogP) is 2.96. The second-order valence-electron chi connectivity index (χ2n) is 5.62. The number of hydrogen-bond donors (Lipinski definition) is 1. The third-order valence-corrected chi connectivity index (χ3v) is 4.81. The van der Waals surface area contributed by atoms with Crippen LogP contribution in [0.4, 0.5) is 11.4 Å². The molecule has 0 aliphatic carbocycles. The molecule has 2 aromatic rings. The Hall–Kier alpha value is -2.34. The van der Waals surface area contributed by atoms with Gasteiger partial charge in [-0.05, 0) is 36.6 Å². The van der Waals surface area contributed by atoms with Gasteiger partial charge in [-0.25, -0.2) is 8.42 Å². The lowest BCUT2D eigenvalue weighted by molar-refractivity contribution is -0.114. The Bertz CT molecular complexity index is 817. The number of hydrogen-bond acceptors (Lipinski definition) is 3. The lowest BCUT2D eigenvalue weighted by Gasteiger charge is -2.26. The third kappa shape index (κ3) is 4.35. The number of nitrogens with zero attached hydrogens (tertiary/aromatic N) is 1. The summed E-state index contributed by atoms with van der Waals surface area (Å²) in [6.45, 7) is 3.55. The maximum Gasteiger partial charge on any atom is 0.245 e. The number of amides is 1. The first kappa shape index (κ1) is 18.0. The minimum atomic E-state index is -3.59. The molecule has 0 saturated carbocycles. The first-order chi connectivity index (χ1) is 11.3. The molecule has 1 amide bonds. The fraction of sp³-hybridized carbons (Fsp3) is 0.278. The molecule has 0 aromatic heterocycles. The summed E-state index contributed by atoms with van der Waals surface area (Å²) < 4.78 is 25.8. The maximum atomic E-state index is 12.3. The normalized spacial score (nSPS) is 11.1. The van der Waals surface area contributed by atoms with Crippen molar-refractivity contribution < 1.29 is 13.2 Å². The molecule has 0 atom stereocenters. The molecule has 1 N–H and O–H groups in total. The lowest BCUT2D eigenvalue weighted by Crippen LogP contribution is -2.38. The molecule has 0 saturated heterocycles. The van der Waals surface area contributed by atoms with Crippen molar-refractivity contribution >= 4 is 27.3 Å². The summed E-state index contributed by atoms with van der Waals surface area (Å²) in [5.41, 5.74) is 2.95. The van der Waals surface area contributed by atoms with Crippen LogP contribution in [0.1, 0.15) is 18.1 Å². The maximum absolute atomic E-state index is 12.3. The van der Waals surface area contributed by atoms with Gasteiger partial charge in [-0.3, -0.25) is 9.10 Å². The van der Waals surface area contributed by atoms with E-state index in [1.807, 2.05) is 38.1 Å². The van der Waals surface area contributed by atoms with E-state index in [0.717, 1.165) is 17.4 Å². The number of rotatable bonds is 6. The van der Waals surface area contributed by atoms with Crippen LogP contribution in [0.5, 0.6) is 0 Å². The molecule has 0 spiro atoms. The number of sulfonamides is 1. The van der Waals surface area contributed by atoms with Gasteiger partial charge in [0.05, 0.1) is 11.9 Å². The molecule has 128 valence electrons. The summed E-state index contributed by atoms with van der Waals surface area (Å²) in [6.07, 6.45) is 1.80. The lowest BCUT2D eigenvalue weighted by atomic mass is 10.1. The zero-order valence-corrected chi connectivity index (χ0v) is 14.9. The molecule has 0 unspecified atom stereocenters. The number of aryl methyl sites for hydroxylation is 2. The van der Waals surface area contributed by atoms with Gasteiger partial charge >= 0.3 is 0 Å². The molecule has 0 fully saturated rings. The molecule has 24 heavy (non-hydrogen) atoms. The fourth-order valence-corrected chi connectivity index (χ4v) is 3.52. The Balaban J connectivity index is 2.33. The van der Waals surface area contributed by atoms with Crippen LogP contribution in [0.25, 0.3) is 0 Å². The minimum Gasteiger partial charge on any atom is -0.325 e. The highest BCUT2D eigenvalue weighted by Gasteiger charge is 2.24. The Kier molecular flexibility index (Phi) is 5.62. The van der Waals surface area contributed by atoms with Crippen molar-refractivity contribution in [3.05, 3.63) is 59.7 Å². The van der Waals surface area contributed by atoms with E-state index in [0.29, 0.717) is 17.8 Å². The van der Waals surface area contributed by atoms with E-state index in [9.17, 15) is 13.2 Å². The molecule has 0 bridgehead atoms. The Labute approximate surface area is 143 Å². The zero-order valence-electron chi connectivity index (χ0n) is 14.1. The third-order valence-electron chi connectivity index (χ3n) is 3.70. The van der Waals surface area contributed by atoms with Crippen LogP contribution in [0.2, 0.25) is 0 Å². The topological polar surface area (TPSA) is 66.5 Å². The van der Waals surface area contributed by atoms with Gasteiger partial charge in [-0.1, -0.05) is 43.3 Å². The quantitative estimate of drug-likeness (QED) is 0.874. The van der Waals surface area contributed by atoms with Crippen molar-refractivity contribution in [1.82, 2.24) is 0 Å². The number of para-hydroxylation sites is 2. The van der Waals surface area contributed by atoms with Crippen molar-refractivity contribution in [2.75, 3.05) is 22.4 Å². The Morgan fingerprint density at radius 1 is 1.08 bits per heavy atom. The summed E-state index contributed by atoms with van der Waals surface area (Å²) in [5.74, 6) is -0.378. The van der Waals surface area contributed by atoms with E-state index in [1.54, 1.807) is 24.3 Å². The van der Waals surface area contributed by atoms with Gasteiger partial charge < -0.3 is 5.32 Å². The van der Waals surface area contributed by atoms with Gasteiger partial charge in [0.2, 0.25) is 15.9 Å². The molecule has 6 heteroatoms. The van der Waals surface area contributed by atoms with Crippen molar-refractivity contribution in [3.8, 4) is 0 Å². The predicted molar refractivity (Wildman–Crippen MR) is 97.8 cm³/mol. The van der Waals surface area contributed by atoms with E-state index in [4.69, 9.17) is 0 Å². The van der Waals surface area contributed by atoms with E-state index < -0.39 is 10.0 Å². The van der Waals surface area contributed by atoms with E-state index in [2.05, 4.69) is 5.32 Å². The first-order valence-corrected chi connectivity index (χ1v) is 9.59. The zero-order chi connectivity index (χ0) is 17.7. The number of benzene rings is 2. The molecule has 2 aromatic carbocycles. The largest absolute Gasteiger partial charge is 0.325 e. The molecule has 5 nitrogen and oxygen atoms in total. The summed E-state index contributed by atoms with van der Waals surface area (Å²) in [7, 11) is -3.59. The number of anilines is 2. The highest BCUT2D eigenvalue weighted by atomic mass is 32.2. The summed E-state index contributed by atoms with van der Waals surface area (Å²) in [5, 5.41) is 2.73. The smallest absolute Gasteiger partial charge is 0.245 e. The van der Waals surface area contributed by atoms with E-state index >= 15 is 0 Å². The van der Waals surface area contributed by atoms with Crippen LogP contribution in [0.15, 0.2) is 48.5 Å². The molecular formula is C18H22N2O3S. The van der Waals surface area contributed by atoms with Crippen LogP contribution < -0.4 is 9.62 Å². The molecule has 0 heterocycles. The average molecular weight is 346 g/mol. The van der Waals surface area contributed by atoms with Gasteiger partial charge in [0.15, 0.2) is 0 Å². The SMILES string of the molecule is CCc1cccc(C)c1N(CC(=O)Nc1ccccc1)S(C)(=O)=O. The molecule has 2 rings (SSSR count). The van der Waals surface area contributed by atoms with Gasteiger partial charge in [0.25, 0.3) is 0 Å². The van der Waals surface area contributed by atoms with Crippen LogP contribution in [-0.2, 0) is 21.2 Å². The monoisotopic (exact) mass is 346 g/mol. The van der Waals surface area contributed by atoms with Crippen LogP contribution in [0, 0.1) is 6.92 Å². The van der Waals surface area contributed by atoms with Crippen LogP contribution in [0.3, 0.4) is 0 Å². The second kappa shape index (κ2) is 7.49. The van der Waals surface area contributed by atoms with E-state index in [1.165, 1.54) is 4.31 Å². The molecule has 0 aliphatic heterocycles. The molecule has 0 aliphatic rings. The van der Waals surface area contributed by atoms with Crippen molar-refractivity contribution in [2.45, 2.75) is 20.3 Å². The Morgan fingerprint density at radius 2 is 1.75 bits per heavy atom. The van der Waals surface area contributed by atoms with Crippen LogP contribution >= 0.6 is 0 Å². The minimum absolute atomic E-state index is 0.258. The van der Waals surface area contributed by atoms with Crippen LogP contribution in [-0.4, -0.2) is 27.1 Å². The average Bonchev–Trinajstić information content (AvgIpc) is 2.52. The highest BCUT2D eigenvalue weighted by Crippen LogP contribution is 2.27. The summed E-state index contributed by atoms with van der Waals surface area (Å²) >= 11 is 0. The van der Waals surface area contributed by atoms with Gasteiger partial charge in [0.1, 0.15) is 6.54 Å². The summed E-state index contributed by atoms with van der Waals surface area (Å²) in [6, 6.07) is 14.6. The van der Waals surface area contributed by atoms with Crippen molar-refractivity contribution in [1.29, 1.82) is 0 Å². The van der Waals surface area contributed by atoms with E-state index in [-0.39, 0.29) is 12.5 Å². The van der Waals surface area contributed by atoms with Gasteiger partial charge in [-0.2, -0.15) is 0 Å². The van der Waals surface area contributed by atoms with Gasteiger partial charge in [0, 0.05) is 5.69 Å². The number of nitrogens with one attached hydrogen (secondary N) is 1. The second-order valence-corrected chi connectivity index (χ2v) is 7.53. The fourth-order valence-electron chi connectivity index (χ4n) is 2.58. The Morgan fingerprint density at radius 3 is 2.33 bits per heavy atom. The standard InChI is InChI=1S/C18H22N2O3S/c1-4-15-10-8-9-14(2)18(15)20(24(3,22)23)13-17(21)19-16-11-6-5-7-12-16/h5-12H,4,13H2,1-3H3,(H,19,21).